The van der Waals surface area contributed by atoms with Gasteiger partial charge in [-0.3, -0.25) is 19.3 Å². The van der Waals surface area contributed by atoms with Crippen molar-refractivity contribution in [3.05, 3.63) is 43.3 Å². The Hall–Kier alpha value is -1.38. The SMILES string of the molecule is CC1(C)c2sc(=O)[nH]c2SC2C3CC(C4C(=O)N(c5ccc(Br)cc5)C(=O)C34)C21. The minimum atomic E-state index is -0.229. The number of rotatable bonds is 1. The van der Waals surface area contributed by atoms with Crippen LogP contribution in [-0.4, -0.2) is 22.0 Å². The fraction of sp³-hybridized carbons (Fsp3) is 0.476. The molecule has 3 fully saturated rings. The Morgan fingerprint density at radius 3 is 2.41 bits per heavy atom. The number of carbonyl (C=O) groups is 2. The number of hydrogen-bond acceptors (Lipinski definition) is 5. The Kier molecular flexibility index (Phi) is 3.71. The molecule has 8 heteroatoms. The molecule has 2 aliphatic heterocycles. The minimum Gasteiger partial charge on any atom is -0.307 e. The second-order valence-corrected chi connectivity index (χ2v) is 12.2. The van der Waals surface area contributed by atoms with Gasteiger partial charge in [-0.1, -0.05) is 41.1 Å². The lowest BCUT2D eigenvalue weighted by Crippen LogP contribution is -2.48. The van der Waals surface area contributed by atoms with Crippen LogP contribution in [0.5, 0.6) is 0 Å². The highest BCUT2D eigenvalue weighted by Crippen LogP contribution is 2.69. The first-order valence-corrected chi connectivity index (χ1v) is 12.3. The van der Waals surface area contributed by atoms with Gasteiger partial charge in [-0.25, -0.2) is 0 Å². The van der Waals surface area contributed by atoms with Crippen molar-refractivity contribution in [1.82, 2.24) is 4.98 Å². The highest BCUT2D eigenvalue weighted by molar-refractivity contribution is 9.10. The van der Waals surface area contributed by atoms with Crippen LogP contribution in [0.15, 0.2) is 38.6 Å². The minimum absolute atomic E-state index is 0.0170. The standard InChI is InChI=1S/C21H19BrN2O3S2/c1-21(2)14-10-7-11(15(14)28-17-16(21)29-20(27)23-17)13-12(10)18(25)24(19(13)26)9-5-3-8(22)4-6-9/h3-6,10-15H,7H2,1-2H3,(H,23,27). The second kappa shape index (κ2) is 5.86. The van der Waals surface area contributed by atoms with Crippen LogP contribution >= 0.6 is 39.0 Å². The molecule has 2 aromatic rings. The van der Waals surface area contributed by atoms with Crippen LogP contribution in [0.1, 0.15) is 25.1 Å². The van der Waals surface area contributed by atoms with Crippen LogP contribution in [-0.2, 0) is 15.0 Å². The Morgan fingerprint density at radius 1 is 1.07 bits per heavy atom. The summed E-state index contributed by atoms with van der Waals surface area (Å²) >= 11 is 6.45. The first kappa shape index (κ1) is 18.4. The Labute approximate surface area is 184 Å². The van der Waals surface area contributed by atoms with Gasteiger partial charge in [0.25, 0.3) is 0 Å². The number of H-pyrrole nitrogens is 1. The van der Waals surface area contributed by atoms with E-state index in [1.54, 1.807) is 11.8 Å². The Bertz CT molecular complexity index is 1120. The third-order valence-corrected chi connectivity index (χ3v) is 10.8. The fourth-order valence-corrected chi connectivity index (χ4v) is 9.92. The topological polar surface area (TPSA) is 70.2 Å². The molecule has 5 nitrogen and oxygen atoms in total. The molecule has 6 rings (SSSR count). The number of thioether (sulfide) groups is 1. The normalized spacial score (nSPS) is 36.3. The van der Waals surface area contributed by atoms with Crippen molar-refractivity contribution in [2.75, 3.05) is 4.90 Å². The third-order valence-electron chi connectivity index (χ3n) is 7.48. The fourth-order valence-electron chi connectivity index (χ4n) is 6.50. The van der Waals surface area contributed by atoms with Gasteiger partial charge in [0.15, 0.2) is 0 Å². The molecule has 2 aliphatic carbocycles. The summed E-state index contributed by atoms with van der Waals surface area (Å²) in [7, 11) is 0. The summed E-state index contributed by atoms with van der Waals surface area (Å²) < 4.78 is 0.921. The predicted octanol–water partition coefficient (Wildman–Crippen LogP) is 4.02. The lowest BCUT2D eigenvalue weighted by molar-refractivity contribution is -0.123. The van der Waals surface area contributed by atoms with Crippen molar-refractivity contribution in [3.63, 3.8) is 0 Å². The number of amides is 2. The van der Waals surface area contributed by atoms with E-state index in [1.807, 2.05) is 24.3 Å². The first-order chi connectivity index (χ1) is 13.8. The highest BCUT2D eigenvalue weighted by Gasteiger charge is 2.70. The van der Waals surface area contributed by atoms with Crippen molar-refractivity contribution in [3.8, 4) is 0 Å². The van der Waals surface area contributed by atoms with E-state index in [-0.39, 0.29) is 51.0 Å². The number of benzene rings is 1. The molecule has 1 saturated heterocycles. The molecule has 0 radical (unpaired) electrons. The molecule has 2 amide bonds. The monoisotopic (exact) mass is 490 g/mol. The second-order valence-electron chi connectivity index (χ2n) is 9.11. The first-order valence-electron chi connectivity index (χ1n) is 9.82. The number of aromatic amines is 1. The van der Waals surface area contributed by atoms with Gasteiger partial charge < -0.3 is 4.98 Å². The van der Waals surface area contributed by atoms with Crippen molar-refractivity contribution in [1.29, 1.82) is 0 Å². The van der Waals surface area contributed by atoms with Crippen LogP contribution in [0.3, 0.4) is 0 Å². The number of hydrogen-bond donors (Lipinski definition) is 1. The van der Waals surface area contributed by atoms with Crippen LogP contribution < -0.4 is 9.77 Å². The van der Waals surface area contributed by atoms with Gasteiger partial charge in [-0.15, -0.1) is 11.8 Å². The van der Waals surface area contributed by atoms with Gasteiger partial charge in [-0.05, 0) is 48.4 Å². The number of anilines is 1. The van der Waals surface area contributed by atoms with Crippen LogP contribution in [0.2, 0.25) is 0 Å². The zero-order valence-electron chi connectivity index (χ0n) is 15.8. The van der Waals surface area contributed by atoms with E-state index >= 15 is 0 Å². The van der Waals surface area contributed by atoms with E-state index in [0.717, 1.165) is 20.8 Å². The van der Waals surface area contributed by atoms with Crippen molar-refractivity contribution >= 4 is 56.5 Å². The summed E-state index contributed by atoms with van der Waals surface area (Å²) in [6.07, 6.45) is 0.936. The van der Waals surface area contributed by atoms with E-state index in [4.69, 9.17) is 0 Å². The van der Waals surface area contributed by atoms with Gasteiger partial charge in [0.2, 0.25) is 11.8 Å². The highest BCUT2D eigenvalue weighted by atomic mass is 79.9. The average Bonchev–Trinajstić information content (AvgIpc) is 3.38. The third kappa shape index (κ3) is 2.25. The number of carbonyl (C=O) groups excluding carboxylic acids is 2. The summed E-state index contributed by atoms with van der Waals surface area (Å²) in [6.45, 7) is 4.41. The van der Waals surface area contributed by atoms with E-state index in [1.165, 1.54) is 16.2 Å². The summed E-state index contributed by atoms with van der Waals surface area (Å²) in [4.78, 5) is 44.3. The molecule has 1 aromatic heterocycles. The molecule has 4 aliphatic rings. The van der Waals surface area contributed by atoms with Gasteiger partial charge in [0.05, 0.1) is 22.5 Å². The van der Waals surface area contributed by atoms with Crippen molar-refractivity contribution in [2.24, 2.45) is 29.6 Å². The maximum Gasteiger partial charge on any atom is 0.305 e. The zero-order valence-corrected chi connectivity index (χ0v) is 19.1. The number of imide groups is 1. The molecule has 3 heterocycles. The molecule has 2 saturated carbocycles. The molecular weight excluding hydrogens is 472 g/mol. The molecule has 29 heavy (non-hydrogen) atoms. The summed E-state index contributed by atoms with van der Waals surface area (Å²) in [5.74, 6) is 0.146. The maximum atomic E-state index is 13.4. The number of nitrogens with one attached hydrogen (secondary N) is 1. The number of aromatic nitrogens is 1. The summed E-state index contributed by atoms with van der Waals surface area (Å²) in [5.41, 5.74) is 0.490. The van der Waals surface area contributed by atoms with E-state index in [0.29, 0.717) is 11.6 Å². The number of nitrogens with zero attached hydrogens (tertiary/aromatic N) is 1. The molecule has 1 aromatic carbocycles. The summed E-state index contributed by atoms with van der Waals surface area (Å²) in [5, 5.41) is 1.24. The quantitative estimate of drug-likeness (QED) is 0.612. The number of halogens is 1. The predicted molar refractivity (Wildman–Crippen MR) is 116 cm³/mol. The van der Waals surface area contributed by atoms with E-state index in [9.17, 15) is 14.4 Å². The molecule has 0 spiro atoms. The van der Waals surface area contributed by atoms with Crippen molar-refractivity contribution in [2.45, 2.75) is 36.0 Å². The van der Waals surface area contributed by atoms with Crippen LogP contribution in [0.4, 0.5) is 5.69 Å². The maximum absolute atomic E-state index is 13.4. The largest absolute Gasteiger partial charge is 0.307 e. The molecule has 6 unspecified atom stereocenters. The molecule has 2 bridgehead atoms. The van der Waals surface area contributed by atoms with Crippen LogP contribution in [0.25, 0.3) is 0 Å². The molecule has 150 valence electrons. The number of fused-ring (bicyclic) bond motifs is 9. The Morgan fingerprint density at radius 2 is 1.72 bits per heavy atom. The van der Waals surface area contributed by atoms with Gasteiger partial charge >= 0.3 is 4.87 Å². The molecule has 1 N–H and O–H groups in total. The van der Waals surface area contributed by atoms with Crippen molar-refractivity contribution < 1.29 is 9.59 Å². The lowest BCUT2D eigenvalue weighted by atomic mass is 9.64. The van der Waals surface area contributed by atoms with Crippen LogP contribution in [0, 0.1) is 29.6 Å². The van der Waals surface area contributed by atoms with Gasteiger partial charge in [-0.2, -0.15) is 0 Å². The molecule has 6 atom stereocenters. The molecular formula is C21H19BrN2O3S2. The van der Waals surface area contributed by atoms with E-state index in [2.05, 4.69) is 34.8 Å². The lowest BCUT2D eigenvalue weighted by Gasteiger charge is -2.47. The Balaban J connectivity index is 1.42. The van der Waals surface area contributed by atoms with E-state index < -0.39 is 0 Å². The van der Waals surface area contributed by atoms with Gasteiger partial charge in [0.1, 0.15) is 0 Å². The zero-order chi connectivity index (χ0) is 20.2. The van der Waals surface area contributed by atoms with Gasteiger partial charge in [0, 0.05) is 20.0 Å². The number of thiazole rings is 1. The smallest absolute Gasteiger partial charge is 0.305 e. The average molecular weight is 491 g/mol. The summed E-state index contributed by atoms with van der Waals surface area (Å²) in [6, 6.07) is 7.39.